The minimum atomic E-state index is -0.861. The van der Waals surface area contributed by atoms with Gasteiger partial charge in [-0.3, -0.25) is 24.0 Å². The predicted octanol–water partition coefficient (Wildman–Crippen LogP) is 0.701. The van der Waals surface area contributed by atoms with Gasteiger partial charge in [-0.15, -0.1) is 0 Å². The van der Waals surface area contributed by atoms with Gasteiger partial charge < -0.3 is 45.9 Å². The number of ether oxygens (including phenoxy) is 4. The maximum Gasteiger partial charge on any atom is 0.243 e. The molecular formula is C30H57N5O9. The van der Waals surface area contributed by atoms with Gasteiger partial charge in [0.2, 0.25) is 29.5 Å². The summed E-state index contributed by atoms with van der Waals surface area (Å²) >= 11 is 0. The Hall–Kier alpha value is -2.81. The first-order chi connectivity index (χ1) is 21.2. The summed E-state index contributed by atoms with van der Waals surface area (Å²) in [5.41, 5.74) is 5.11. The third kappa shape index (κ3) is 24.6. The Balaban J connectivity index is 4.53. The summed E-state index contributed by atoms with van der Waals surface area (Å²) in [5, 5.41) is 10.3. The average Bonchev–Trinajstić information content (AvgIpc) is 3.00. The van der Waals surface area contributed by atoms with Crippen LogP contribution in [-0.2, 0) is 42.9 Å². The lowest BCUT2D eigenvalue weighted by Crippen LogP contribution is -2.52. The molecule has 0 saturated heterocycles. The van der Waals surface area contributed by atoms with E-state index in [1.807, 2.05) is 13.8 Å². The maximum absolute atomic E-state index is 12.8. The smallest absolute Gasteiger partial charge is 0.243 e. The minimum Gasteiger partial charge on any atom is -0.379 e. The number of hydrogen-bond donors (Lipinski definition) is 5. The largest absolute Gasteiger partial charge is 0.379 e. The molecule has 5 amide bonds. The molecule has 256 valence electrons. The van der Waals surface area contributed by atoms with E-state index in [0.717, 1.165) is 32.1 Å². The number of unbranched alkanes of at least 4 members (excludes halogenated alkanes) is 5. The molecule has 0 bridgehead atoms. The summed E-state index contributed by atoms with van der Waals surface area (Å²) in [7, 11) is 0. The van der Waals surface area contributed by atoms with Crippen LogP contribution in [0.1, 0.15) is 85.0 Å². The van der Waals surface area contributed by atoms with Crippen molar-refractivity contribution in [3.63, 3.8) is 0 Å². The highest BCUT2D eigenvalue weighted by Crippen LogP contribution is 2.08. The lowest BCUT2D eigenvalue weighted by Gasteiger charge is -2.20. The lowest BCUT2D eigenvalue weighted by atomic mass is 10.1. The van der Waals surface area contributed by atoms with Crippen LogP contribution < -0.4 is 27.0 Å². The van der Waals surface area contributed by atoms with Gasteiger partial charge >= 0.3 is 0 Å². The van der Waals surface area contributed by atoms with Crippen molar-refractivity contribution < 1.29 is 42.9 Å². The number of carbonyl (C=O) groups is 5. The summed E-state index contributed by atoms with van der Waals surface area (Å²) in [6.45, 7) is 8.78. The van der Waals surface area contributed by atoms with Crippen molar-refractivity contribution in [2.24, 2.45) is 5.73 Å². The topological polar surface area (TPSA) is 196 Å². The summed E-state index contributed by atoms with van der Waals surface area (Å²) in [4.78, 5) is 61.5. The summed E-state index contributed by atoms with van der Waals surface area (Å²) in [6.07, 6.45) is 7.19. The van der Waals surface area contributed by atoms with Gasteiger partial charge in [0.1, 0.15) is 12.1 Å². The van der Waals surface area contributed by atoms with Crippen LogP contribution in [0.3, 0.4) is 0 Å². The van der Waals surface area contributed by atoms with Gasteiger partial charge in [-0.1, -0.05) is 58.8 Å². The summed E-state index contributed by atoms with van der Waals surface area (Å²) in [5.74, 6) is -2.59. The first-order valence-electron chi connectivity index (χ1n) is 16.0. The number of hydrogen-bond acceptors (Lipinski definition) is 9. The summed E-state index contributed by atoms with van der Waals surface area (Å²) < 4.78 is 21.4. The van der Waals surface area contributed by atoms with E-state index in [0.29, 0.717) is 71.9 Å². The second-order valence-corrected chi connectivity index (χ2v) is 10.3. The van der Waals surface area contributed by atoms with E-state index >= 15 is 0 Å². The Labute approximate surface area is 262 Å². The molecule has 0 fully saturated rings. The second kappa shape index (κ2) is 28.9. The molecule has 0 aliphatic rings. The zero-order valence-corrected chi connectivity index (χ0v) is 27.0. The van der Waals surface area contributed by atoms with Crippen LogP contribution in [0.2, 0.25) is 0 Å². The molecule has 14 heteroatoms. The Morgan fingerprint density at radius 1 is 0.568 bits per heavy atom. The predicted molar refractivity (Wildman–Crippen MR) is 166 cm³/mol. The second-order valence-electron chi connectivity index (χ2n) is 10.3. The number of amides is 5. The Morgan fingerprint density at radius 3 is 1.59 bits per heavy atom. The highest BCUT2D eigenvalue weighted by Gasteiger charge is 2.23. The van der Waals surface area contributed by atoms with Crippen LogP contribution >= 0.6 is 0 Å². The monoisotopic (exact) mass is 631 g/mol. The molecule has 0 rings (SSSR count). The van der Waals surface area contributed by atoms with E-state index < -0.39 is 35.7 Å². The first-order valence-corrected chi connectivity index (χ1v) is 16.0. The molecule has 0 aromatic carbocycles. The highest BCUT2D eigenvalue weighted by atomic mass is 16.6. The van der Waals surface area contributed by atoms with Crippen LogP contribution in [0.4, 0.5) is 0 Å². The first kappa shape index (κ1) is 41.2. The van der Waals surface area contributed by atoms with Gasteiger partial charge in [-0.25, -0.2) is 0 Å². The van der Waals surface area contributed by atoms with E-state index in [4.69, 9.17) is 24.7 Å². The van der Waals surface area contributed by atoms with Crippen molar-refractivity contribution >= 4 is 29.5 Å². The zero-order valence-electron chi connectivity index (χ0n) is 27.0. The number of carbonyl (C=O) groups excluding carboxylic acids is 5. The van der Waals surface area contributed by atoms with Crippen LogP contribution in [0, 0.1) is 0 Å². The van der Waals surface area contributed by atoms with Crippen LogP contribution in [0.5, 0.6) is 0 Å². The molecule has 0 radical (unpaired) electrons. The molecule has 2 atom stereocenters. The molecular weight excluding hydrogens is 574 g/mol. The molecule has 0 spiro atoms. The van der Waals surface area contributed by atoms with Crippen molar-refractivity contribution in [2.75, 3.05) is 65.9 Å². The molecule has 44 heavy (non-hydrogen) atoms. The quantitative estimate of drug-likeness (QED) is 0.0709. The average molecular weight is 632 g/mol. The molecule has 0 heterocycles. The van der Waals surface area contributed by atoms with Crippen molar-refractivity contribution in [1.82, 2.24) is 21.3 Å². The number of rotatable bonds is 30. The molecule has 0 aliphatic carbocycles. The van der Waals surface area contributed by atoms with Crippen molar-refractivity contribution in [3.05, 3.63) is 0 Å². The van der Waals surface area contributed by atoms with E-state index in [2.05, 4.69) is 28.2 Å². The fourth-order valence-electron chi connectivity index (χ4n) is 3.97. The molecule has 6 N–H and O–H groups in total. The fraction of sp³-hybridized carbons (Fsp3) is 0.833. The minimum absolute atomic E-state index is 0.0667. The van der Waals surface area contributed by atoms with Crippen LogP contribution in [0.25, 0.3) is 0 Å². The summed E-state index contributed by atoms with van der Waals surface area (Å²) in [6, 6.07) is -1.67. The van der Waals surface area contributed by atoms with Gasteiger partial charge in [-0.2, -0.15) is 0 Å². The van der Waals surface area contributed by atoms with Crippen LogP contribution in [0.15, 0.2) is 0 Å². The van der Waals surface area contributed by atoms with Crippen LogP contribution in [-0.4, -0.2) is 108 Å². The Bertz CT molecular complexity index is 801. The third-order valence-corrected chi connectivity index (χ3v) is 6.40. The van der Waals surface area contributed by atoms with E-state index in [-0.39, 0.29) is 32.0 Å². The van der Waals surface area contributed by atoms with Gasteiger partial charge in [0.05, 0.1) is 59.3 Å². The van der Waals surface area contributed by atoms with Gasteiger partial charge in [0, 0.05) is 13.0 Å². The SMILES string of the molecule is CCCCCCC[C@H](NC(=O)CNC(=O)[C@H](CCCC)NC(=O)CCOCCOCCOCCOCC)C(=O)NCC(N)=O. The molecule has 0 unspecified atom stereocenters. The molecule has 0 aliphatic heterocycles. The number of nitrogens with one attached hydrogen (secondary N) is 4. The number of nitrogens with two attached hydrogens (primary N) is 1. The maximum atomic E-state index is 12.8. The van der Waals surface area contributed by atoms with Gasteiger partial charge in [-0.05, 0) is 19.8 Å². The zero-order chi connectivity index (χ0) is 32.8. The van der Waals surface area contributed by atoms with Gasteiger partial charge in [0.25, 0.3) is 0 Å². The third-order valence-electron chi connectivity index (χ3n) is 6.40. The lowest BCUT2D eigenvalue weighted by molar-refractivity contribution is -0.132. The molecule has 0 aromatic heterocycles. The van der Waals surface area contributed by atoms with E-state index in [1.165, 1.54) is 0 Å². The normalized spacial score (nSPS) is 12.2. The molecule has 14 nitrogen and oxygen atoms in total. The fourth-order valence-corrected chi connectivity index (χ4v) is 3.97. The standard InChI is InChI=1S/C30H57N5O9/c1-4-7-9-10-11-13-25(29(39)32-22-26(31)36)35-28(38)23-33-30(40)24(12-8-5-2)34-27(37)14-15-42-18-19-44-21-20-43-17-16-41-6-3/h24-25H,4-23H2,1-3H3,(H2,31,36)(H,32,39)(H,33,40)(H,34,37)(H,35,38)/t24-,25-/m0/s1. The van der Waals surface area contributed by atoms with Crippen molar-refractivity contribution in [1.29, 1.82) is 0 Å². The van der Waals surface area contributed by atoms with Gasteiger partial charge in [0.15, 0.2) is 0 Å². The van der Waals surface area contributed by atoms with Crippen molar-refractivity contribution in [2.45, 2.75) is 97.1 Å². The van der Waals surface area contributed by atoms with Crippen molar-refractivity contribution in [3.8, 4) is 0 Å². The van der Waals surface area contributed by atoms with E-state index in [1.54, 1.807) is 0 Å². The highest BCUT2D eigenvalue weighted by molar-refractivity contribution is 5.93. The van der Waals surface area contributed by atoms with E-state index in [9.17, 15) is 24.0 Å². The Kier molecular flexibility index (Phi) is 27.1. The Morgan fingerprint density at radius 2 is 1.05 bits per heavy atom. The molecule has 0 saturated carbocycles. The number of primary amides is 1. The molecule has 0 aromatic rings.